The van der Waals surface area contributed by atoms with Gasteiger partial charge in [-0.2, -0.15) is 0 Å². The van der Waals surface area contributed by atoms with Crippen LogP contribution in [-0.4, -0.2) is 0 Å². The van der Waals surface area contributed by atoms with Gasteiger partial charge in [0.2, 0.25) is 0 Å². The molecule has 2 rings (SSSR count). The zero-order valence-electron chi connectivity index (χ0n) is 8.54. The smallest absolute Gasteiger partial charge is 0.0333 e. The Morgan fingerprint density at radius 1 is 1.00 bits per heavy atom. The van der Waals surface area contributed by atoms with Gasteiger partial charge in [0.1, 0.15) is 0 Å². The molecule has 0 radical (unpaired) electrons. The highest BCUT2D eigenvalue weighted by molar-refractivity contribution is 5.90. The lowest BCUT2D eigenvalue weighted by atomic mass is 10.00. The van der Waals surface area contributed by atoms with E-state index in [1.54, 1.807) is 0 Å². The van der Waals surface area contributed by atoms with Crippen LogP contribution >= 0.6 is 0 Å². The maximum atomic E-state index is 5.47. The third-order valence-electron chi connectivity index (χ3n) is 2.43. The molecule has 0 nitrogen and oxygen atoms in total. The molecule has 0 heteroatoms. The summed E-state index contributed by atoms with van der Waals surface area (Å²) in [6, 6.07) is 10.1. The van der Waals surface area contributed by atoms with E-state index >= 15 is 0 Å². The summed E-state index contributed by atoms with van der Waals surface area (Å²) in [4.78, 5) is 0. The van der Waals surface area contributed by atoms with Crippen molar-refractivity contribution in [1.29, 1.82) is 0 Å². The van der Waals surface area contributed by atoms with Crippen LogP contribution in [0, 0.1) is 31.6 Å². The highest BCUT2D eigenvalue weighted by Gasteiger charge is 2.01. The summed E-state index contributed by atoms with van der Waals surface area (Å²) in [5, 5.41) is 2.19. The van der Waals surface area contributed by atoms with Crippen molar-refractivity contribution in [2.75, 3.05) is 0 Å². The number of terminal acetylenes is 2. The van der Waals surface area contributed by atoms with Crippen molar-refractivity contribution < 1.29 is 0 Å². The third-order valence-corrected chi connectivity index (χ3v) is 2.43. The van der Waals surface area contributed by atoms with Gasteiger partial charge in [-0.1, -0.05) is 35.6 Å². The molecule has 0 aromatic heterocycles. The van der Waals surface area contributed by atoms with Crippen molar-refractivity contribution >= 4 is 10.8 Å². The number of benzene rings is 2. The van der Waals surface area contributed by atoms with Crippen LogP contribution in [0.1, 0.15) is 16.7 Å². The van der Waals surface area contributed by atoms with Crippen molar-refractivity contribution in [2.24, 2.45) is 0 Å². The SMILES string of the molecule is C#Cc1cc(C#C)c2cc(C)ccc2c1. The van der Waals surface area contributed by atoms with Gasteiger partial charge in [0.15, 0.2) is 0 Å². The number of rotatable bonds is 0. The minimum atomic E-state index is 0.833. The molecule has 0 saturated carbocycles. The molecule has 15 heavy (non-hydrogen) atoms. The Bertz CT molecular complexity index is 604. The van der Waals surface area contributed by atoms with Crippen LogP contribution in [0.3, 0.4) is 0 Å². The maximum Gasteiger partial charge on any atom is 0.0333 e. The van der Waals surface area contributed by atoms with Gasteiger partial charge < -0.3 is 0 Å². The Balaban J connectivity index is 2.90. The van der Waals surface area contributed by atoms with E-state index in [4.69, 9.17) is 12.8 Å². The van der Waals surface area contributed by atoms with Gasteiger partial charge in [-0.05, 0) is 29.8 Å². The molecule has 0 fully saturated rings. The quantitative estimate of drug-likeness (QED) is 0.560. The minimum absolute atomic E-state index is 0.833. The average Bonchev–Trinajstić information content (AvgIpc) is 2.27. The first-order chi connectivity index (χ1) is 7.24. The fourth-order valence-corrected chi connectivity index (χ4v) is 1.67. The van der Waals surface area contributed by atoms with E-state index in [0.717, 1.165) is 21.9 Å². The molecule has 0 heterocycles. The number of fused-ring (bicyclic) bond motifs is 1. The molecule has 0 N–H and O–H groups in total. The fraction of sp³-hybridized carbons (Fsp3) is 0.0667. The van der Waals surface area contributed by atoms with Gasteiger partial charge in [0.25, 0.3) is 0 Å². The first-order valence-corrected chi connectivity index (χ1v) is 4.72. The molecule has 0 atom stereocenters. The van der Waals surface area contributed by atoms with Gasteiger partial charge in [-0.25, -0.2) is 0 Å². The predicted octanol–water partition coefficient (Wildman–Crippen LogP) is 3.11. The molecule has 0 unspecified atom stereocenters. The Morgan fingerprint density at radius 3 is 2.47 bits per heavy atom. The standard InChI is InChI=1S/C15H10/c1-4-12-9-13(5-2)15-8-11(3)6-7-14(15)10-12/h1-2,6-10H,3H3. The molecule has 0 saturated heterocycles. The molecule has 0 aliphatic carbocycles. The van der Waals surface area contributed by atoms with Gasteiger partial charge >= 0.3 is 0 Å². The summed E-state index contributed by atoms with van der Waals surface area (Å²) in [5.74, 6) is 5.29. The monoisotopic (exact) mass is 190 g/mol. The van der Waals surface area contributed by atoms with Crippen LogP contribution in [-0.2, 0) is 0 Å². The van der Waals surface area contributed by atoms with Crippen LogP contribution in [0.5, 0.6) is 0 Å². The average molecular weight is 190 g/mol. The van der Waals surface area contributed by atoms with E-state index in [0.29, 0.717) is 0 Å². The first-order valence-electron chi connectivity index (χ1n) is 4.72. The molecular formula is C15H10. The fourth-order valence-electron chi connectivity index (χ4n) is 1.67. The highest BCUT2D eigenvalue weighted by Crippen LogP contribution is 2.21. The number of hydrogen-bond donors (Lipinski definition) is 0. The lowest BCUT2D eigenvalue weighted by molar-refractivity contribution is 1.50. The van der Waals surface area contributed by atoms with Crippen LogP contribution < -0.4 is 0 Å². The third kappa shape index (κ3) is 1.58. The van der Waals surface area contributed by atoms with E-state index < -0.39 is 0 Å². The van der Waals surface area contributed by atoms with Crippen LogP contribution in [0.4, 0.5) is 0 Å². The van der Waals surface area contributed by atoms with E-state index in [9.17, 15) is 0 Å². The number of hydrogen-bond acceptors (Lipinski definition) is 0. The zero-order chi connectivity index (χ0) is 10.8. The van der Waals surface area contributed by atoms with E-state index in [1.165, 1.54) is 5.56 Å². The molecule has 0 bridgehead atoms. The maximum absolute atomic E-state index is 5.47. The largest absolute Gasteiger partial charge is 0.115 e. The Hall–Kier alpha value is -2.18. The van der Waals surface area contributed by atoms with Gasteiger partial charge in [-0.15, -0.1) is 12.8 Å². The normalized spacial score (nSPS) is 9.53. The van der Waals surface area contributed by atoms with Crippen molar-refractivity contribution in [2.45, 2.75) is 6.92 Å². The zero-order valence-corrected chi connectivity index (χ0v) is 8.54. The first kappa shape index (κ1) is 9.38. The van der Waals surface area contributed by atoms with Gasteiger partial charge in [0, 0.05) is 11.1 Å². The number of aryl methyl sites for hydroxylation is 1. The van der Waals surface area contributed by atoms with Crippen molar-refractivity contribution in [3.8, 4) is 24.7 Å². The summed E-state index contributed by atoms with van der Waals surface area (Å²) < 4.78 is 0. The molecular weight excluding hydrogens is 180 g/mol. The second kappa shape index (κ2) is 3.52. The Labute approximate surface area is 89.9 Å². The van der Waals surface area contributed by atoms with Gasteiger partial charge in [-0.3, -0.25) is 0 Å². The molecule has 0 aliphatic rings. The summed E-state index contributed by atoms with van der Waals surface area (Å²) >= 11 is 0. The second-order valence-corrected chi connectivity index (χ2v) is 3.54. The summed E-state index contributed by atoms with van der Waals surface area (Å²) in [6.45, 7) is 2.05. The van der Waals surface area contributed by atoms with Crippen molar-refractivity contribution in [3.63, 3.8) is 0 Å². The van der Waals surface area contributed by atoms with Crippen LogP contribution in [0.15, 0.2) is 30.3 Å². The molecule has 2 aromatic rings. The molecule has 0 amide bonds. The Morgan fingerprint density at radius 2 is 1.80 bits per heavy atom. The van der Waals surface area contributed by atoms with E-state index in [-0.39, 0.29) is 0 Å². The Kier molecular flexibility index (Phi) is 2.20. The second-order valence-electron chi connectivity index (χ2n) is 3.54. The van der Waals surface area contributed by atoms with Crippen LogP contribution in [0.25, 0.3) is 10.8 Å². The summed E-state index contributed by atoms with van der Waals surface area (Å²) in [5.41, 5.74) is 2.90. The topological polar surface area (TPSA) is 0 Å². The summed E-state index contributed by atoms with van der Waals surface area (Å²) in [7, 11) is 0. The predicted molar refractivity (Wildman–Crippen MR) is 64.6 cm³/mol. The van der Waals surface area contributed by atoms with Crippen LogP contribution in [0.2, 0.25) is 0 Å². The van der Waals surface area contributed by atoms with Crippen molar-refractivity contribution in [3.05, 3.63) is 47.0 Å². The highest BCUT2D eigenvalue weighted by atomic mass is 14.0. The molecule has 70 valence electrons. The van der Waals surface area contributed by atoms with E-state index in [2.05, 4.69) is 30.9 Å². The minimum Gasteiger partial charge on any atom is -0.115 e. The lowest BCUT2D eigenvalue weighted by Crippen LogP contribution is -1.84. The summed E-state index contributed by atoms with van der Waals surface area (Å²) in [6.07, 6.45) is 10.8. The van der Waals surface area contributed by atoms with Gasteiger partial charge in [0.05, 0.1) is 0 Å². The van der Waals surface area contributed by atoms with E-state index in [1.807, 2.05) is 18.2 Å². The molecule has 0 spiro atoms. The molecule has 0 aliphatic heterocycles. The lowest BCUT2D eigenvalue weighted by Gasteiger charge is -2.03. The van der Waals surface area contributed by atoms with Crippen molar-refractivity contribution in [1.82, 2.24) is 0 Å². The molecule has 2 aromatic carbocycles.